The maximum atomic E-state index is 10.7. The second kappa shape index (κ2) is 3.21. The van der Waals surface area contributed by atoms with Gasteiger partial charge in [0.2, 0.25) is 0 Å². The monoisotopic (exact) mass is 173 g/mol. The van der Waals surface area contributed by atoms with Gasteiger partial charge in [0, 0.05) is 0 Å². The molecule has 12 heavy (non-hydrogen) atoms. The Balaban J connectivity index is 2.48. The van der Waals surface area contributed by atoms with Crippen molar-refractivity contribution < 1.29 is 23.9 Å². The maximum Gasteiger partial charge on any atom is 0.407 e. The summed E-state index contributed by atoms with van der Waals surface area (Å²) in [5.74, 6) is -1.38. The standard InChI is InChI=1S/C6H7NO5/c1-11-6(10)7-3-2-4(8)12-5(3)9/h3H,2H2,1H3,(H,7,10). The Bertz CT molecular complexity index is 236. The van der Waals surface area contributed by atoms with E-state index in [0.29, 0.717) is 0 Å². The number of nitrogens with one attached hydrogen (secondary N) is 1. The number of hydrogen-bond donors (Lipinski definition) is 1. The first-order valence-electron chi connectivity index (χ1n) is 3.22. The minimum Gasteiger partial charge on any atom is -0.453 e. The van der Waals surface area contributed by atoms with Crippen LogP contribution in [-0.2, 0) is 19.1 Å². The molecule has 0 radical (unpaired) electrons. The number of carbonyl (C=O) groups excluding carboxylic acids is 3. The molecule has 0 spiro atoms. The van der Waals surface area contributed by atoms with Crippen LogP contribution in [0.25, 0.3) is 0 Å². The summed E-state index contributed by atoms with van der Waals surface area (Å²) in [6.07, 6.45) is -0.889. The fourth-order valence-electron chi connectivity index (χ4n) is 0.786. The van der Waals surface area contributed by atoms with Crippen molar-refractivity contribution in [3.05, 3.63) is 0 Å². The van der Waals surface area contributed by atoms with E-state index in [1.807, 2.05) is 0 Å². The molecule has 1 heterocycles. The lowest BCUT2D eigenvalue weighted by Gasteiger charge is -2.04. The molecule has 1 aliphatic rings. The lowest BCUT2D eigenvalue weighted by molar-refractivity contribution is -0.152. The quantitative estimate of drug-likeness (QED) is 0.414. The first-order chi connectivity index (χ1) is 5.63. The van der Waals surface area contributed by atoms with E-state index >= 15 is 0 Å². The van der Waals surface area contributed by atoms with Crippen LogP contribution in [0.1, 0.15) is 6.42 Å². The van der Waals surface area contributed by atoms with Crippen molar-refractivity contribution >= 4 is 18.0 Å². The van der Waals surface area contributed by atoms with Gasteiger partial charge in [-0.1, -0.05) is 0 Å². The lowest BCUT2D eigenvalue weighted by Crippen LogP contribution is -2.37. The van der Waals surface area contributed by atoms with Crippen molar-refractivity contribution in [3.8, 4) is 0 Å². The molecular formula is C6H7NO5. The van der Waals surface area contributed by atoms with Crippen molar-refractivity contribution in [1.82, 2.24) is 5.32 Å². The predicted octanol–water partition coefficient (Wildman–Crippen LogP) is -0.816. The van der Waals surface area contributed by atoms with Crippen molar-refractivity contribution in [2.24, 2.45) is 0 Å². The number of methoxy groups -OCH3 is 1. The van der Waals surface area contributed by atoms with Crippen LogP contribution in [0, 0.1) is 0 Å². The predicted molar refractivity (Wildman–Crippen MR) is 35.0 cm³/mol. The smallest absolute Gasteiger partial charge is 0.407 e. The van der Waals surface area contributed by atoms with Gasteiger partial charge < -0.3 is 14.8 Å². The third-order valence-corrected chi connectivity index (χ3v) is 1.35. The number of esters is 2. The molecule has 0 aromatic rings. The molecule has 0 aromatic heterocycles. The normalized spacial score (nSPS) is 21.9. The fraction of sp³-hybridized carbons (Fsp3) is 0.500. The van der Waals surface area contributed by atoms with Crippen molar-refractivity contribution in [1.29, 1.82) is 0 Å². The van der Waals surface area contributed by atoms with Crippen LogP contribution < -0.4 is 5.32 Å². The van der Waals surface area contributed by atoms with Gasteiger partial charge in [-0.2, -0.15) is 0 Å². The molecule has 1 aliphatic heterocycles. The average molecular weight is 173 g/mol. The summed E-state index contributed by atoms with van der Waals surface area (Å²) in [5.41, 5.74) is 0. The molecule has 0 aliphatic carbocycles. The van der Waals surface area contributed by atoms with Gasteiger partial charge >= 0.3 is 18.0 Å². The largest absolute Gasteiger partial charge is 0.453 e. The van der Waals surface area contributed by atoms with Crippen LogP contribution in [0.15, 0.2) is 0 Å². The van der Waals surface area contributed by atoms with Gasteiger partial charge in [-0.25, -0.2) is 9.59 Å². The highest BCUT2D eigenvalue weighted by atomic mass is 16.6. The van der Waals surface area contributed by atoms with Gasteiger partial charge in [0.25, 0.3) is 0 Å². The second-order valence-electron chi connectivity index (χ2n) is 2.19. The van der Waals surface area contributed by atoms with E-state index in [2.05, 4.69) is 14.8 Å². The number of alkyl carbamates (subject to hydrolysis) is 1. The Morgan fingerprint density at radius 3 is 2.75 bits per heavy atom. The maximum absolute atomic E-state index is 10.7. The third kappa shape index (κ3) is 1.71. The van der Waals surface area contributed by atoms with Gasteiger partial charge in [0.05, 0.1) is 13.5 Å². The number of carbonyl (C=O) groups is 3. The summed E-state index contributed by atoms with van der Waals surface area (Å²) < 4.78 is 8.40. The minimum atomic E-state index is -0.898. The van der Waals surface area contributed by atoms with Gasteiger partial charge in [-0.15, -0.1) is 0 Å². The van der Waals surface area contributed by atoms with E-state index in [4.69, 9.17) is 0 Å². The number of ether oxygens (including phenoxy) is 2. The first-order valence-corrected chi connectivity index (χ1v) is 3.22. The molecule has 66 valence electrons. The summed E-state index contributed by atoms with van der Waals surface area (Å²) in [6, 6.07) is -0.898. The van der Waals surface area contributed by atoms with Crippen LogP contribution >= 0.6 is 0 Å². The average Bonchev–Trinajstić information content (AvgIpc) is 2.30. The van der Waals surface area contributed by atoms with E-state index in [-0.39, 0.29) is 6.42 Å². The summed E-state index contributed by atoms with van der Waals surface area (Å²) >= 11 is 0. The highest BCUT2D eigenvalue weighted by Gasteiger charge is 2.34. The van der Waals surface area contributed by atoms with E-state index in [9.17, 15) is 14.4 Å². The fourth-order valence-corrected chi connectivity index (χ4v) is 0.786. The van der Waals surface area contributed by atoms with Crippen molar-refractivity contribution in [3.63, 3.8) is 0 Å². The van der Waals surface area contributed by atoms with Crippen molar-refractivity contribution in [2.75, 3.05) is 7.11 Å². The molecule has 1 rings (SSSR count). The summed E-state index contributed by atoms with van der Waals surface area (Å²) in [4.78, 5) is 31.8. The first kappa shape index (κ1) is 8.51. The molecule has 1 unspecified atom stereocenters. The Morgan fingerprint density at radius 2 is 2.33 bits per heavy atom. The Morgan fingerprint density at radius 1 is 1.67 bits per heavy atom. The summed E-state index contributed by atoms with van der Waals surface area (Å²) in [6.45, 7) is 0. The lowest BCUT2D eigenvalue weighted by atomic mass is 10.2. The third-order valence-electron chi connectivity index (χ3n) is 1.35. The molecule has 1 atom stereocenters. The number of amides is 1. The van der Waals surface area contributed by atoms with E-state index in [0.717, 1.165) is 7.11 Å². The molecule has 6 nitrogen and oxygen atoms in total. The Labute approximate surface area is 67.8 Å². The van der Waals surface area contributed by atoms with E-state index < -0.39 is 24.1 Å². The van der Waals surface area contributed by atoms with Gasteiger partial charge in [-0.3, -0.25) is 4.79 Å². The number of cyclic esters (lactones) is 2. The minimum absolute atomic E-state index is 0.131. The van der Waals surface area contributed by atoms with Crippen LogP contribution in [0.4, 0.5) is 4.79 Å². The molecule has 1 N–H and O–H groups in total. The highest BCUT2D eigenvalue weighted by Crippen LogP contribution is 2.07. The Hall–Kier alpha value is -1.59. The molecule has 1 amide bonds. The van der Waals surface area contributed by atoms with Gasteiger partial charge in [0.15, 0.2) is 0 Å². The van der Waals surface area contributed by atoms with E-state index in [1.54, 1.807) is 0 Å². The molecule has 1 fully saturated rings. The van der Waals surface area contributed by atoms with Gasteiger partial charge in [-0.05, 0) is 0 Å². The van der Waals surface area contributed by atoms with Gasteiger partial charge in [0.1, 0.15) is 6.04 Å². The van der Waals surface area contributed by atoms with Crippen LogP contribution in [0.2, 0.25) is 0 Å². The SMILES string of the molecule is COC(=O)NC1CC(=O)OC1=O. The zero-order valence-electron chi connectivity index (χ0n) is 6.33. The van der Waals surface area contributed by atoms with Crippen LogP contribution in [-0.4, -0.2) is 31.2 Å². The number of rotatable bonds is 1. The van der Waals surface area contributed by atoms with E-state index in [1.165, 1.54) is 0 Å². The molecule has 1 saturated heterocycles. The zero-order valence-corrected chi connectivity index (χ0v) is 6.33. The molecule has 0 saturated carbocycles. The molecule has 0 bridgehead atoms. The van der Waals surface area contributed by atoms with Crippen molar-refractivity contribution in [2.45, 2.75) is 12.5 Å². The second-order valence-corrected chi connectivity index (χ2v) is 2.19. The Kier molecular flexibility index (Phi) is 2.27. The summed E-state index contributed by atoms with van der Waals surface area (Å²) in [7, 11) is 1.16. The molecule has 6 heteroatoms. The number of hydrogen-bond acceptors (Lipinski definition) is 5. The summed E-state index contributed by atoms with van der Waals surface area (Å²) in [5, 5.41) is 2.15. The highest BCUT2D eigenvalue weighted by molar-refractivity contribution is 5.98. The van der Waals surface area contributed by atoms with Crippen LogP contribution in [0.3, 0.4) is 0 Å². The van der Waals surface area contributed by atoms with Crippen LogP contribution in [0.5, 0.6) is 0 Å². The topological polar surface area (TPSA) is 81.7 Å². The molecule has 0 aromatic carbocycles. The molecular weight excluding hydrogens is 166 g/mol. The zero-order chi connectivity index (χ0) is 9.14.